The van der Waals surface area contributed by atoms with Gasteiger partial charge in [0.1, 0.15) is 0 Å². The van der Waals surface area contributed by atoms with Crippen molar-refractivity contribution in [3.8, 4) is 17.2 Å². The summed E-state index contributed by atoms with van der Waals surface area (Å²) < 4.78 is 15.9. The molecule has 1 amide bonds. The normalized spacial score (nSPS) is 15.9. The number of carbonyl (C=O) groups excluding carboxylic acids is 1. The molecule has 0 aliphatic carbocycles. The number of methoxy groups -OCH3 is 3. The highest BCUT2D eigenvalue weighted by Crippen LogP contribution is 2.38. The Bertz CT molecular complexity index is 556. The first-order valence-electron chi connectivity index (χ1n) is 8.82. The highest BCUT2D eigenvalue weighted by Gasteiger charge is 2.22. The van der Waals surface area contributed by atoms with Crippen LogP contribution in [0, 0.1) is 5.92 Å². The summed E-state index contributed by atoms with van der Waals surface area (Å²) in [6.45, 7) is 7.35. The fourth-order valence-corrected chi connectivity index (χ4v) is 3.22. The molecule has 0 aromatic heterocycles. The molecule has 140 valence electrons. The molecule has 1 aromatic carbocycles. The molecule has 6 nitrogen and oxygen atoms in total. The molecule has 1 aromatic rings. The molecule has 1 saturated heterocycles. The van der Waals surface area contributed by atoms with E-state index in [1.807, 2.05) is 0 Å². The lowest BCUT2D eigenvalue weighted by atomic mass is 9.96. The Hall–Kier alpha value is -1.95. The third-order valence-corrected chi connectivity index (χ3v) is 4.86. The molecule has 6 heteroatoms. The van der Waals surface area contributed by atoms with E-state index in [-0.39, 0.29) is 5.91 Å². The summed E-state index contributed by atoms with van der Waals surface area (Å²) >= 11 is 0. The van der Waals surface area contributed by atoms with E-state index >= 15 is 0 Å². The van der Waals surface area contributed by atoms with Crippen molar-refractivity contribution in [2.45, 2.75) is 32.7 Å². The lowest BCUT2D eigenvalue weighted by Gasteiger charge is -2.34. The van der Waals surface area contributed by atoms with E-state index in [0.29, 0.717) is 41.3 Å². The van der Waals surface area contributed by atoms with Crippen LogP contribution < -0.4 is 19.5 Å². The van der Waals surface area contributed by atoms with E-state index < -0.39 is 0 Å². The zero-order valence-electron chi connectivity index (χ0n) is 15.9. The van der Waals surface area contributed by atoms with E-state index in [1.54, 1.807) is 33.5 Å². The minimum atomic E-state index is -0.120. The van der Waals surface area contributed by atoms with Gasteiger partial charge in [-0.3, -0.25) is 4.79 Å². The third-order valence-electron chi connectivity index (χ3n) is 4.86. The maximum Gasteiger partial charge on any atom is 0.251 e. The van der Waals surface area contributed by atoms with E-state index in [4.69, 9.17) is 14.2 Å². The van der Waals surface area contributed by atoms with Crippen LogP contribution in [0.2, 0.25) is 0 Å². The maximum atomic E-state index is 12.5. The molecule has 2 rings (SSSR count). The highest BCUT2D eigenvalue weighted by atomic mass is 16.5. The van der Waals surface area contributed by atoms with E-state index in [2.05, 4.69) is 24.1 Å². The zero-order chi connectivity index (χ0) is 18.4. The zero-order valence-corrected chi connectivity index (χ0v) is 15.9. The van der Waals surface area contributed by atoms with Gasteiger partial charge < -0.3 is 24.4 Å². The molecule has 25 heavy (non-hydrogen) atoms. The lowest BCUT2D eigenvalue weighted by Crippen LogP contribution is -2.41. The van der Waals surface area contributed by atoms with Gasteiger partial charge in [-0.05, 0) is 57.8 Å². The van der Waals surface area contributed by atoms with Gasteiger partial charge in [-0.1, -0.05) is 0 Å². The second kappa shape index (κ2) is 8.94. The smallest absolute Gasteiger partial charge is 0.251 e. The predicted octanol–water partition coefficient (Wildman–Crippen LogP) is 2.56. The van der Waals surface area contributed by atoms with E-state index in [9.17, 15) is 4.79 Å². The molecule has 0 unspecified atom stereocenters. The summed E-state index contributed by atoms with van der Waals surface area (Å²) in [5.41, 5.74) is 0.508. The van der Waals surface area contributed by atoms with Gasteiger partial charge in [0.2, 0.25) is 5.75 Å². The number of amides is 1. The van der Waals surface area contributed by atoms with Gasteiger partial charge in [-0.25, -0.2) is 0 Å². The first-order chi connectivity index (χ1) is 12.0. The van der Waals surface area contributed by atoms with Crippen LogP contribution in [-0.2, 0) is 0 Å². The number of piperidine rings is 1. The fourth-order valence-electron chi connectivity index (χ4n) is 3.22. The molecule has 1 aliphatic rings. The molecule has 1 fully saturated rings. The number of hydrogen-bond acceptors (Lipinski definition) is 5. The van der Waals surface area contributed by atoms with Crippen LogP contribution in [0.15, 0.2) is 12.1 Å². The van der Waals surface area contributed by atoms with Crippen molar-refractivity contribution in [2.75, 3.05) is 41.0 Å². The third kappa shape index (κ3) is 4.78. The Morgan fingerprint density at radius 2 is 1.68 bits per heavy atom. The van der Waals surface area contributed by atoms with Gasteiger partial charge in [0.25, 0.3) is 5.91 Å². The van der Waals surface area contributed by atoms with E-state index in [0.717, 1.165) is 25.9 Å². The molecule has 1 aliphatic heterocycles. The van der Waals surface area contributed by atoms with Gasteiger partial charge in [-0.15, -0.1) is 0 Å². The minimum Gasteiger partial charge on any atom is -0.493 e. The maximum absolute atomic E-state index is 12.5. The van der Waals surface area contributed by atoms with Crippen LogP contribution in [0.25, 0.3) is 0 Å². The molecular formula is C19H30N2O4. The summed E-state index contributed by atoms with van der Waals surface area (Å²) in [5.74, 6) is 1.86. The summed E-state index contributed by atoms with van der Waals surface area (Å²) in [5, 5.41) is 3.04. The molecule has 0 saturated carbocycles. The topological polar surface area (TPSA) is 60.0 Å². The summed E-state index contributed by atoms with van der Waals surface area (Å²) in [6, 6.07) is 3.95. The quantitative estimate of drug-likeness (QED) is 0.819. The van der Waals surface area contributed by atoms with Crippen molar-refractivity contribution in [2.24, 2.45) is 5.92 Å². The number of nitrogens with one attached hydrogen (secondary N) is 1. The van der Waals surface area contributed by atoms with Gasteiger partial charge in [0, 0.05) is 18.2 Å². The number of nitrogens with zero attached hydrogens (tertiary/aromatic N) is 1. The van der Waals surface area contributed by atoms with Crippen LogP contribution >= 0.6 is 0 Å². The monoisotopic (exact) mass is 350 g/mol. The Morgan fingerprint density at radius 1 is 1.12 bits per heavy atom. The SMILES string of the molecule is COc1cc(C(=O)NCC2CCN(C(C)C)CC2)cc(OC)c1OC. The van der Waals surface area contributed by atoms with Crippen molar-refractivity contribution >= 4 is 5.91 Å². The standard InChI is InChI=1S/C19H30N2O4/c1-13(2)21-8-6-14(7-9-21)12-20-19(22)15-10-16(23-3)18(25-5)17(11-15)24-4/h10-11,13-14H,6-9,12H2,1-5H3,(H,20,22). The van der Waals surface area contributed by atoms with Gasteiger partial charge in [-0.2, -0.15) is 0 Å². The molecule has 1 N–H and O–H groups in total. The molecule has 0 radical (unpaired) electrons. The average molecular weight is 350 g/mol. The molecular weight excluding hydrogens is 320 g/mol. The predicted molar refractivity (Wildman–Crippen MR) is 97.9 cm³/mol. The second-order valence-corrected chi connectivity index (χ2v) is 6.70. The van der Waals surface area contributed by atoms with Gasteiger partial charge >= 0.3 is 0 Å². The Balaban J connectivity index is 1.97. The molecule has 0 atom stereocenters. The molecule has 1 heterocycles. The van der Waals surface area contributed by atoms with Crippen LogP contribution in [0.5, 0.6) is 17.2 Å². The summed E-state index contributed by atoms with van der Waals surface area (Å²) in [4.78, 5) is 15.0. The van der Waals surface area contributed by atoms with Gasteiger partial charge in [0.05, 0.1) is 21.3 Å². The van der Waals surface area contributed by atoms with Crippen molar-refractivity contribution in [3.05, 3.63) is 17.7 Å². The Labute approximate surface area is 150 Å². The molecule has 0 bridgehead atoms. The van der Waals surface area contributed by atoms with Crippen molar-refractivity contribution in [1.29, 1.82) is 0 Å². The summed E-state index contributed by atoms with van der Waals surface area (Å²) in [6.07, 6.45) is 2.24. The number of benzene rings is 1. The van der Waals surface area contributed by atoms with E-state index in [1.165, 1.54) is 0 Å². The van der Waals surface area contributed by atoms with Crippen molar-refractivity contribution in [3.63, 3.8) is 0 Å². The number of carbonyl (C=O) groups is 1. The number of rotatable bonds is 7. The first-order valence-corrected chi connectivity index (χ1v) is 8.82. The van der Waals surface area contributed by atoms with Crippen LogP contribution in [-0.4, -0.2) is 57.8 Å². The Kier molecular flexibility index (Phi) is 6.93. The van der Waals surface area contributed by atoms with Gasteiger partial charge in [0.15, 0.2) is 11.5 Å². The minimum absolute atomic E-state index is 0.120. The van der Waals surface area contributed by atoms with Crippen LogP contribution in [0.1, 0.15) is 37.0 Å². The fraction of sp³-hybridized carbons (Fsp3) is 0.632. The Morgan fingerprint density at radius 3 is 2.12 bits per heavy atom. The van der Waals surface area contributed by atoms with Crippen molar-refractivity contribution in [1.82, 2.24) is 10.2 Å². The first kappa shape index (κ1) is 19.4. The lowest BCUT2D eigenvalue weighted by molar-refractivity contribution is 0.0929. The largest absolute Gasteiger partial charge is 0.493 e. The number of ether oxygens (including phenoxy) is 3. The number of hydrogen-bond donors (Lipinski definition) is 1. The average Bonchev–Trinajstić information content (AvgIpc) is 2.64. The van der Waals surface area contributed by atoms with Crippen molar-refractivity contribution < 1.29 is 19.0 Å². The molecule has 0 spiro atoms. The summed E-state index contributed by atoms with van der Waals surface area (Å²) in [7, 11) is 4.63. The second-order valence-electron chi connectivity index (χ2n) is 6.70. The van der Waals surface area contributed by atoms with Crippen LogP contribution in [0.4, 0.5) is 0 Å². The number of likely N-dealkylation sites (tertiary alicyclic amines) is 1. The van der Waals surface area contributed by atoms with Crippen LogP contribution in [0.3, 0.4) is 0 Å². The highest BCUT2D eigenvalue weighted by molar-refractivity contribution is 5.95.